The lowest BCUT2D eigenvalue weighted by molar-refractivity contribution is -0.131. The lowest BCUT2D eigenvalue weighted by Gasteiger charge is -2.21. The third-order valence-electron chi connectivity index (χ3n) is 3.92. The number of hydrogen-bond donors (Lipinski definition) is 1. The minimum absolute atomic E-state index is 0.0539. The molecule has 130 valence electrons. The number of ether oxygens (including phenoxy) is 1. The lowest BCUT2D eigenvalue weighted by atomic mass is 10.2. The van der Waals surface area contributed by atoms with Gasteiger partial charge in [-0.25, -0.2) is 0 Å². The van der Waals surface area contributed by atoms with Crippen molar-refractivity contribution < 1.29 is 9.53 Å². The Balaban J connectivity index is 2.22. The summed E-state index contributed by atoms with van der Waals surface area (Å²) in [5, 5.41) is 7.06. The average molecular weight is 348 g/mol. The van der Waals surface area contributed by atoms with Crippen LogP contribution in [0.4, 0.5) is 0 Å². The smallest absolute Gasteiger partial charge is 0.242 e. The van der Waals surface area contributed by atoms with E-state index in [-0.39, 0.29) is 12.5 Å². The van der Waals surface area contributed by atoms with Gasteiger partial charge in [-0.3, -0.25) is 14.5 Å². The maximum Gasteiger partial charge on any atom is 0.242 e. The Kier molecular flexibility index (Phi) is 6.54. The molecule has 0 aliphatic heterocycles. The molecule has 7 heteroatoms. The molecule has 0 bridgehead atoms. The van der Waals surface area contributed by atoms with Crippen LogP contribution < -0.4 is 4.74 Å². The molecule has 2 rings (SSSR count). The quantitative estimate of drug-likeness (QED) is 0.744. The van der Waals surface area contributed by atoms with Crippen molar-refractivity contribution in [3.05, 3.63) is 29.0 Å². The molecule has 0 aliphatic rings. The standard InChI is InChI=1S/C17H24N4O2S/c1-4-6-11-20(5-2)15(22)12-21-16(18-19-17(21)24)13-7-9-14(23-3)10-8-13/h7-10H,4-6,11-12H2,1-3H3,(H,19,24). The molecule has 1 aromatic heterocycles. The van der Waals surface area contributed by atoms with Crippen molar-refractivity contribution in [2.24, 2.45) is 0 Å². The molecule has 2 aromatic rings. The molecular weight excluding hydrogens is 324 g/mol. The van der Waals surface area contributed by atoms with Gasteiger partial charge >= 0.3 is 0 Å². The fraction of sp³-hybridized carbons (Fsp3) is 0.471. The Morgan fingerprint density at radius 3 is 2.62 bits per heavy atom. The number of rotatable bonds is 8. The van der Waals surface area contributed by atoms with Crippen LogP contribution in [0, 0.1) is 4.77 Å². The number of nitrogens with zero attached hydrogens (tertiary/aromatic N) is 3. The Bertz CT molecular complexity index is 721. The summed E-state index contributed by atoms with van der Waals surface area (Å²) in [4.78, 5) is 14.4. The number of likely N-dealkylation sites (N-methyl/N-ethyl adjacent to an activating group) is 1. The normalized spacial score (nSPS) is 10.6. The number of carbonyl (C=O) groups excluding carboxylic acids is 1. The number of hydrogen-bond acceptors (Lipinski definition) is 4. The average Bonchev–Trinajstić information content (AvgIpc) is 2.96. The molecule has 1 aromatic carbocycles. The van der Waals surface area contributed by atoms with Gasteiger partial charge in [-0.05, 0) is 49.8 Å². The second kappa shape index (κ2) is 8.63. The third kappa shape index (κ3) is 4.23. The Labute approximate surface area is 147 Å². The zero-order valence-corrected chi connectivity index (χ0v) is 15.2. The molecule has 0 saturated heterocycles. The van der Waals surface area contributed by atoms with Gasteiger partial charge in [0.1, 0.15) is 12.3 Å². The van der Waals surface area contributed by atoms with Gasteiger partial charge in [0.25, 0.3) is 0 Å². The van der Waals surface area contributed by atoms with Crippen LogP contribution in [-0.4, -0.2) is 45.8 Å². The van der Waals surface area contributed by atoms with E-state index in [0.717, 1.165) is 30.7 Å². The van der Waals surface area contributed by atoms with E-state index in [1.54, 1.807) is 11.7 Å². The minimum atomic E-state index is 0.0539. The van der Waals surface area contributed by atoms with E-state index in [1.165, 1.54) is 0 Å². The molecule has 0 spiro atoms. The molecular formula is C17H24N4O2S. The molecule has 0 aliphatic carbocycles. The van der Waals surface area contributed by atoms with Gasteiger partial charge in [0.05, 0.1) is 7.11 Å². The van der Waals surface area contributed by atoms with E-state index in [0.29, 0.717) is 17.1 Å². The number of aromatic nitrogens is 3. The summed E-state index contributed by atoms with van der Waals surface area (Å²) in [6.45, 7) is 5.77. The van der Waals surface area contributed by atoms with Gasteiger partial charge in [0.2, 0.25) is 5.91 Å². The van der Waals surface area contributed by atoms with E-state index in [4.69, 9.17) is 17.0 Å². The second-order valence-corrected chi connectivity index (χ2v) is 5.88. The van der Waals surface area contributed by atoms with Gasteiger partial charge in [0, 0.05) is 18.7 Å². The van der Waals surface area contributed by atoms with Gasteiger partial charge in [0.15, 0.2) is 10.6 Å². The first-order valence-electron chi connectivity index (χ1n) is 8.18. The van der Waals surface area contributed by atoms with Crippen molar-refractivity contribution in [2.45, 2.75) is 33.2 Å². The molecule has 0 saturated carbocycles. The highest BCUT2D eigenvalue weighted by Crippen LogP contribution is 2.21. The van der Waals surface area contributed by atoms with Crippen LogP contribution in [0.5, 0.6) is 5.75 Å². The van der Waals surface area contributed by atoms with Crippen LogP contribution >= 0.6 is 12.2 Å². The molecule has 1 heterocycles. The predicted octanol–water partition coefficient (Wildman–Crippen LogP) is 3.26. The molecule has 0 radical (unpaired) electrons. The fourth-order valence-corrected chi connectivity index (χ4v) is 2.66. The minimum Gasteiger partial charge on any atom is -0.497 e. The predicted molar refractivity (Wildman–Crippen MR) is 96.6 cm³/mol. The van der Waals surface area contributed by atoms with Crippen molar-refractivity contribution in [3.63, 3.8) is 0 Å². The van der Waals surface area contributed by atoms with Crippen molar-refractivity contribution in [1.82, 2.24) is 19.7 Å². The highest BCUT2D eigenvalue weighted by atomic mass is 32.1. The Morgan fingerprint density at radius 2 is 2.04 bits per heavy atom. The number of H-pyrrole nitrogens is 1. The van der Waals surface area contributed by atoms with Crippen molar-refractivity contribution in [2.75, 3.05) is 20.2 Å². The van der Waals surface area contributed by atoms with E-state index in [2.05, 4.69) is 17.1 Å². The summed E-state index contributed by atoms with van der Waals surface area (Å²) < 4.78 is 7.36. The molecule has 1 N–H and O–H groups in total. The van der Waals surface area contributed by atoms with Crippen molar-refractivity contribution >= 4 is 18.1 Å². The van der Waals surface area contributed by atoms with Crippen LogP contribution in [0.1, 0.15) is 26.7 Å². The Morgan fingerprint density at radius 1 is 1.33 bits per heavy atom. The van der Waals surface area contributed by atoms with E-state index >= 15 is 0 Å². The summed E-state index contributed by atoms with van der Waals surface area (Å²) in [5.41, 5.74) is 0.882. The molecule has 0 unspecified atom stereocenters. The monoisotopic (exact) mass is 348 g/mol. The summed E-state index contributed by atoms with van der Waals surface area (Å²) in [6, 6.07) is 7.52. The van der Waals surface area contributed by atoms with E-state index < -0.39 is 0 Å². The Hall–Kier alpha value is -2.15. The molecule has 1 amide bonds. The largest absolute Gasteiger partial charge is 0.497 e. The van der Waals surface area contributed by atoms with Crippen LogP contribution in [0.3, 0.4) is 0 Å². The number of amides is 1. The molecule has 6 nitrogen and oxygen atoms in total. The first-order valence-corrected chi connectivity index (χ1v) is 8.58. The first kappa shape index (κ1) is 18.2. The van der Waals surface area contributed by atoms with Gasteiger partial charge in [-0.15, -0.1) is 0 Å². The number of methoxy groups -OCH3 is 1. The fourth-order valence-electron chi connectivity index (χ4n) is 2.47. The molecule has 0 fully saturated rings. The maximum absolute atomic E-state index is 12.6. The third-order valence-corrected chi connectivity index (χ3v) is 4.23. The summed E-state index contributed by atoms with van der Waals surface area (Å²) in [7, 11) is 1.62. The van der Waals surface area contributed by atoms with Gasteiger partial charge in [-0.1, -0.05) is 13.3 Å². The van der Waals surface area contributed by atoms with E-state index in [1.807, 2.05) is 36.1 Å². The van der Waals surface area contributed by atoms with Crippen LogP contribution in [0.15, 0.2) is 24.3 Å². The highest BCUT2D eigenvalue weighted by molar-refractivity contribution is 7.71. The van der Waals surface area contributed by atoms with Crippen LogP contribution in [0.25, 0.3) is 11.4 Å². The van der Waals surface area contributed by atoms with Gasteiger partial charge < -0.3 is 9.64 Å². The zero-order chi connectivity index (χ0) is 17.5. The molecule has 24 heavy (non-hydrogen) atoms. The second-order valence-electron chi connectivity index (χ2n) is 5.49. The first-order chi connectivity index (χ1) is 11.6. The van der Waals surface area contributed by atoms with E-state index in [9.17, 15) is 4.79 Å². The SMILES string of the molecule is CCCCN(CC)C(=O)Cn1c(-c2ccc(OC)cc2)n[nH]c1=S. The topological polar surface area (TPSA) is 63.1 Å². The van der Waals surface area contributed by atoms with Gasteiger partial charge in [-0.2, -0.15) is 5.10 Å². The summed E-state index contributed by atoms with van der Waals surface area (Å²) in [5.74, 6) is 1.48. The number of aromatic amines is 1. The number of unbranched alkanes of at least 4 members (excludes halogenated alkanes) is 1. The number of carbonyl (C=O) groups is 1. The summed E-state index contributed by atoms with van der Waals surface area (Å²) in [6.07, 6.45) is 2.06. The highest BCUT2D eigenvalue weighted by Gasteiger charge is 2.16. The summed E-state index contributed by atoms with van der Waals surface area (Å²) >= 11 is 5.30. The van der Waals surface area contributed by atoms with Crippen molar-refractivity contribution in [1.29, 1.82) is 0 Å². The zero-order valence-electron chi connectivity index (χ0n) is 14.4. The number of nitrogens with one attached hydrogen (secondary N) is 1. The molecule has 0 atom stereocenters. The van der Waals surface area contributed by atoms with Crippen LogP contribution in [0.2, 0.25) is 0 Å². The van der Waals surface area contributed by atoms with Crippen molar-refractivity contribution in [3.8, 4) is 17.1 Å². The lowest BCUT2D eigenvalue weighted by Crippen LogP contribution is -2.34. The maximum atomic E-state index is 12.6. The number of benzene rings is 1. The van der Waals surface area contributed by atoms with Crippen LogP contribution in [-0.2, 0) is 11.3 Å².